The predicted molar refractivity (Wildman–Crippen MR) is 138 cm³/mol. The molecule has 3 heterocycles. The number of benzene rings is 2. The fourth-order valence-corrected chi connectivity index (χ4v) is 6.18. The zero-order valence-corrected chi connectivity index (χ0v) is 20.8. The number of nitrogens with zero attached hydrogens (tertiary/aromatic N) is 4. The molecular formula is C26H17ClF2N6OS. The van der Waals surface area contributed by atoms with Crippen LogP contribution in [0.2, 0.25) is 5.02 Å². The second-order valence-corrected chi connectivity index (χ2v) is 9.93. The van der Waals surface area contributed by atoms with Gasteiger partial charge in [-0.15, -0.1) is 11.3 Å². The molecule has 1 aliphatic rings. The Kier molecular flexibility index (Phi) is 5.95. The first-order chi connectivity index (χ1) is 17.7. The number of pyridine rings is 1. The van der Waals surface area contributed by atoms with E-state index in [2.05, 4.69) is 4.98 Å². The normalized spacial score (nSPS) is 13.8. The Morgan fingerprint density at radius 2 is 1.89 bits per heavy atom. The molecule has 1 amide bonds. The van der Waals surface area contributed by atoms with Crippen LogP contribution in [0.5, 0.6) is 0 Å². The first-order valence-electron chi connectivity index (χ1n) is 11.1. The Morgan fingerprint density at radius 1 is 1.16 bits per heavy atom. The number of nitrogen functional groups attached to an aromatic ring is 2. The third-order valence-corrected chi connectivity index (χ3v) is 8.10. The summed E-state index contributed by atoms with van der Waals surface area (Å²) in [6.07, 6.45) is 1.77. The summed E-state index contributed by atoms with van der Waals surface area (Å²) in [7, 11) is 0. The number of halogens is 3. The summed E-state index contributed by atoms with van der Waals surface area (Å²) in [4.78, 5) is 19.2. The van der Waals surface area contributed by atoms with Crippen molar-refractivity contribution in [1.29, 1.82) is 10.5 Å². The van der Waals surface area contributed by atoms with Crippen LogP contribution in [0.25, 0.3) is 21.2 Å². The van der Waals surface area contributed by atoms with Gasteiger partial charge in [0.1, 0.15) is 34.3 Å². The second-order valence-electron chi connectivity index (χ2n) is 8.50. The Hall–Kier alpha value is -4.25. The van der Waals surface area contributed by atoms with Crippen LogP contribution in [0.1, 0.15) is 45.6 Å². The molecule has 0 aliphatic carbocycles. The number of anilines is 2. The molecule has 2 aromatic carbocycles. The van der Waals surface area contributed by atoms with Crippen molar-refractivity contribution in [3.63, 3.8) is 0 Å². The molecule has 7 nitrogen and oxygen atoms in total. The maximum absolute atomic E-state index is 16.1. The summed E-state index contributed by atoms with van der Waals surface area (Å²) in [6, 6.07) is 9.14. The van der Waals surface area contributed by atoms with Crippen LogP contribution in [-0.4, -0.2) is 22.3 Å². The molecule has 11 heteroatoms. The molecule has 1 aliphatic heterocycles. The minimum absolute atomic E-state index is 0.00803. The minimum Gasteiger partial charge on any atom is -0.389 e. The summed E-state index contributed by atoms with van der Waals surface area (Å²) in [5, 5.41) is 19.7. The molecule has 0 fully saturated rings. The number of hydrogen-bond acceptors (Lipinski definition) is 7. The van der Waals surface area contributed by atoms with Gasteiger partial charge in [0.15, 0.2) is 5.82 Å². The standard InChI is InChI=1S/C26H17ClF2N6OS/c1-11(12-3-2-7-34-24(12)32)35-8-6-14-19(26(35)36)15(9-30)22(29)20(21(14)27)13-4-5-17(28)23-18(13)16(10-31)25(33)37-23/h2-5,7,11H,6,8,33H2,1H3,(H2,32,34). The average Bonchev–Trinajstić information content (AvgIpc) is 3.23. The molecule has 0 radical (unpaired) electrons. The van der Waals surface area contributed by atoms with Gasteiger partial charge in [-0.3, -0.25) is 4.79 Å². The summed E-state index contributed by atoms with van der Waals surface area (Å²) >= 11 is 7.58. The Labute approximate surface area is 219 Å². The van der Waals surface area contributed by atoms with Crippen LogP contribution in [0.3, 0.4) is 0 Å². The van der Waals surface area contributed by atoms with Crippen molar-refractivity contribution in [3.8, 4) is 23.3 Å². The fraction of sp³-hybridized carbons (Fsp3) is 0.154. The van der Waals surface area contributed by atoms with Crippen molar-refractivity contribution in [2.24, 2.45) is 0 Å². The van der Waals surface area contributed by atoms with Crippen LogP contribution >= 0.6 is 22.9 Å². The highest BCUT2D eigenvalue weighted by Crippen LogP contribution is 2.47. The number of fused-ring (bicyclic) bond motifs is 2. The number of amides is 1. The van der Waals surface area contributed by atoms with E-state index in [0.29, 0.717) is 11.1 Å². The molecule has 4 aromatic rings. The maximum Gasteiger partial charge on any atom is 0.256 e. The van der Waals surface area contributed by atoms with Gasteiger partial charge in [-0.05, 0) is 36.6 Å². The largest absolute Gasteiger partial charge is 0.389 e. The molecule has 37 heavy (non-hydrogen) atoms. The van der Waals surface area contributed by atoms with Crippen molar-refractivity contribution in [2.75, 3.05) is 18.0 Å². The van der Waals surface area contributed by atoms with Crippen LogP contribution in [0, 0.1) is 34.3 Å². The quantitative estimate of drug-likeness (QED) is 0.353. The van der Waals surface area contributed by atoms with E-state index >= 15 is 4.39 Å². The van der Waals surface area contributed by atoms with Gasteiger partial charge in [0.05, 0.1) is 26.9 Å². The van der Waals surface area contributed by atoms with Crippen molar-refractivity contribution >= 4 is 49.7 Å². The van der Waals surface area contributed by atoms with E-state index in [0.717, 1.165) is 17.4 Å². The van der Waals surface area contributed by atoms with Crippen LogP contribution in [0.4, 0.5) is 19.6 Å². The number of nitriles is 2. The highest BCUT2D eigenvalue weighted by atomic mass is 35.5. The van der Waals surface area contributed by atoms with Gasteiger partial charge in [0.25, 0.3) is 5.91 Å². The van der Waals surface area contributed by atoms with Gasteiger partial charge < -0.3 is 16.4 Å². The monoisotopic (exact) mass is 534 g/mol. The highest BCUT2D eigenvalue weighted by Gasteiger charge is 2.37. The zero-order valence-electron chi connectivity index (χ0n) is 19.3. The molecule has 1 unspecified atom stereocenters. The van der Waals surface area contributed by atoms with Crippen molar-refractivity contribution in [1.82, 2.24) is 9.88 Å². The van der Waals surface area contributed by atoms with E-state index in [-0.39, 0.29) is 61.1 Å². The highest BCUT2D eigenvalue weighted by molar-refractivity contribution is 7.23. The first kappa shape index (κ1) is 24.4. The fourth-order valence-electron chi connectivity index (χ4n) is 4.86. The minimum atomic E-state index is -1.03. The number of rotatable bonds is 3. The first-order valence-corrected chi connectivity index (χ1v) is 12.3. The van der Waals surface area contributed by atoms with E-state index in [4.69, 9.17) is 23.1 Å². The molecule has 0 bridgehead atoms. The van der Waals surface area contributed by atoms with Gasteiger partial charge in [0, 0.05) is 29.3 Å². The topological polar surface area (TPSA) is 133 Å². The van der Waals surface area contributed by atoms with Gasteiger partial charge >= 0.3 is 0 Å². The van der Waals surface area contributed by atoms with Gasteiger partial charge in [-0.25, -0.2) is 13.8 Å². The number of aromatic nitrogens is 1. The number of carbonyl (C=O) groups is 1. The second kappa shape index (κ2) is 9.00. The lowest BCUT2D eigenvalue weighted by molar-refractivity contribution is 0.0672. The number of carbonyl (C=O) groups excluding carboxylic acids is 1. The van der Waals surface area contributed by atoms with Crippen LogP contribution in [-0.2, 0) is 6.42 Å². The third-order valence-electron chi connectivity index (χ3n) is 6.65. The van der Waals surface area contributed by atoms with E-state index < -0.39 is 29.1 Å². The van der Waals surface area contributed by atoms with Gasteiger partial charge in [-0.1, -0.05) is 23.7 Å². The molecular weight excluding hydrogens is 518 g/mol. The summed E-state index contributed by atoms with van der Waals surface area (Å²) < 4.78 is 30.7. The molecule has 0 saturated heterocycles. The van der Waals surface area contributed by atoms with E-state index in [1.54, 1.807) is 19.1 Å². The van der Waals surface area contributed by atoms with E-state index in [9.17, 15) is 19.7 Å². The Balaban J connectivity index is 1.73. The molecule has 0 saturated carbocycles. The number of thiophene rings is 1. The van der Waals surface area contributed by atoms with Crippen LogP contribution in [0.15, 0.2) is 30.5 Å². The maximum atomic E-state index is 16.1. The molecule has 184 valence electrons. The zero-order chi connectivity index (χ0) is 26.6. The molecule has 5 rings (SSSR count). The third kappa shape index (κ3) is 3.57. The Morgan fingerprint density at radius 3 is 2.57 bits per heavy atom. The number of hydrogen-bond donors (Lipinski definition) is 2. The number of nitrogens with two attached hydrogens (primary N) is 2. The summed E-state index contributed by atoms with van der Waals surface area (Å²) in [5.74, 6) is -1.96. The predicted octanol–water partition coefficient (Wildman–Crippen LogP) is 5.56. The molecule has 2 aromatic heterocycles. The molecule has 4 N–H and O–H groups in total. The van der Waals surface area contributed by atoms with E-state index in [1.807, 2.05) is 12.1 Å². The summed E-state index contributed by atoms with van der Waals surface area (Å²) in [5.41, 5.74) is 12.2. The Bertz CT molecular complexity index is 1720. The average molecular weight is 535 g/mol. The SMILES string of the molecule is CC(c1cccnc1N)N1CCc2c(Cl)c(-c3ccc(F)c4sc(N)c(C#N)c34)c(F)c(C#N)c2C1=O. The van der Waals surface area contributed by atoms with Gasteiger partial charge in [-0.2, -0.15) is 10.5 Å². The van der Waals surface area contributed by atoms with Crippen LogP contribution < -0.4 is 11.5 Å². The molecule has 1 atom stereocenters. The van der Waals surface area contributed by atoms with Crippen molar-refractivity contribution < 1.29 is 13.6 Å². The van der Waals surface area contributed by atoms with Gasteiger partial charge in [0.2, 0.25) is 0 Å². The summed E-state index contributed by atoms with van der Waals surface area (Å²) in [6.45, 7) is 2.00. The lowest BCUT2D eigenvalue weighted by atomic mass is 9.87. The smallest absolute Gasteiger partial charge is 0.256 e. The lowest BCUT2D eigenvalue weighted by Crippen LogP contribution is -2.40. The van der Waals surface area contributed by atoms with Crippen molar-refractivity contribution in [2.45, 2.75) is 19.4 Å². The lowest BCUT2D eigenvalue weighted by Gasteiger charge is -2.35. The molecule has 0 spiro atoms. The van der Waals surface area contributed by atoms with E-state index in [1.165, 1.54) is 17.2 Å². The van der Waals surface area contributed by atoms with Crippen molar-refractivity contribution in [3.05, 3.63) is 74.9 Å².